The summed E-state index contributed by atoms with van der Waals surface area (Å²) < 4.78 is 11.2. The average Bonchev–Trinajstić information content (AvgIpc) is 2.69. The lowest BCUT2D eigenvalue weighted by Gasteiger charge is -2.36. The zero-order chi connectivity index (χ0) is 13.4. The molecule has 19 heavy (non-hydrogen) atoms. The summed E-state index contributed by atoms with van der Waals surface area (Å²) in [7, 11) is 0. The van der Waals surface area contributed by atoms with Crippen LogP contribution in [-0.2, 0) is 16.0 Å². The molecule has 3 rings (SSSR count). The highest BCUT2D eigenvalue weighted by molar-refractivity contribution is 5.71. The molecule has 2 heterocycles. The topological polar surface area (TPSA) is 38.8 Å². The largest absolute Gasteiger partial charge is 0.441 e. The molecule has 1 amide bonds. The Balaban J connectivity index is 1.79. The number of nitrogens with zero attached hydrogens (tertiary/aromatic N) is 1. The predicted octanol–water partition coefficient (Wildman–Crippen LogP) is 2.57. The third-order valence-electron chi connectivity index (χ3n) is 3.93. The third kappa shape index (κ3) is 2.32. The fourth-order valence-electron chi connectivity index (χ4n) is 3.05. The molecular weight excluding hydrogens is 242 g/mol. The second-order valence-electron chi connectivity index (χ2n) is 5.42. The van der Waals surface area contributed by atoms with Gasteiger partial charge in [0.2, 0.25) is 0 Å². The Kier molecular flexibility index (Phi) is 3.19. The van der Waals surface area contributed by atoms with E-state index in [1.807, 2.05) is 42.2 Å². The van der Waals surface area contributed by atoms with Crippen molar-refractivity contribution in [1.29, 1.82) is 0 Å². The van der Waals surface area contributed by atoms with Gasteiger partial charge in [0.15, 0.2) is 0 Å². The molecule has 4 atom stereocenters. The fraction of sp³-hybridized carbons (Fsp3) is 0.533. The van der Waals surface area contributed by atoms with Gasteiger partial charge in [-0.25, -0.2) is 4.79 Å². The Morgan fingerprint density at radius 3 is 2.74 bits per heavy atom. The number of hydrogen-bond acceptors (Lipinski definition) is 3. The summed E-state index contributed by atoms with van der Waals surface area (Å²) in [6, 6.07) is 10.2. The highest BCUT2D eigenvalue weighted by atomic mass is 16.6. The Morgan fingerprint density at radius 2 is 2.00 bits per heavy atom. The van der Waals surface area contributed by atoms with Crippen LogP contribution in [0.1, 0.15) is 25.8 Å². The van der Waals surface area contributed by atoms with E-state index in [9.17, 15) is 4.79 Å². The van der Waals surface area contributed by atoms with Crippen molar-refractivity contribution in [3.63, 3.8) is 0 Å². The summed E-state index contributed by atoms with van der Waals surface area (Å²) in [6.07, 6.45) is 0.631. The Morgan fingerprint density at radius 1 is 1.26 bits per heavy atom. The Hall–Kier alpha value is -1.55. The van der Waals surface area contributed by atoms with Crippen LogP contribution >= 0.6 is 0 Å². The first-order valence-electron chi connectivity index (χ1n) is 6.82. The van der Waals surface area contributed by atoms with Crippen molar-refractivity contribution in [1.82, 2.24) is 4.90 Å². The number of carbonyl (C=O) groups is 1. The molecule has 0 radical (unpaired) electrons. The quantitative estimate of drug-likeness (QED) is 0.821. The molecule has 2 fully saturated rings. The second kappa shape index (κ2) is 4.85. The summed E-state index contributed by atoms with van der Waals surface area (Å²) >= 11 is 0. The minimum Gasteiger partial charge on any atom is -0.441 e. The van der Waals surface area contributed by atoms with Crippen LogP contribution in [0.2, 0.25) is 0 Å². The van der Waals surface area contributed by atoms with Crippen LogP contribution in [0, 0.1) is 0 Å². The zero-order valence-corrected chi connectivity index (χ0v) is 11.3. The Bertz CT molecular complexity index is 462. The van der Waals surface area contributed by atoms with E-state index in [4.69, 9.17) is 9.47 Å². The monoisotopic (exact) mass is 261 g/mol. The number of fused-ring (bicyclic) bond motifs is 1. The number of benzene rings is 1. The zero-order valence-electron chi connectivity index (χ0n) is 11.3. The number of ether oxygens (including phenoxy) is 2. The number of carbonyl (C=O) groups excluding carboxylic acids is 1. The third-order valence-corrected chi connectivity index (χ3v) is 3.93. The molecule has 4 heteroatoms. The van der Waals surface area contributed by atoms with Crippen molar-refractivity contribution in [3.8, 4) is 0 Å². The molecule has 0 spiro atoms. The van der Waals surface area contributed by atoms with Crippen molar-refractivity contribution in [2.45, 2.75) is 51.2 Å². The van der Waals surface area contributed by atoms with Crippen LogP contribution in [-0.4, -0.2) is 35.3 Å². The van der Waals surface area contributed by atoms with Gasteiger partial charge in [-0.3, -0.25) is 4.90 Å². The lowest BCUT2D eigenvalue weighted by Crippen LogP contribution is -2.48. The minimum atomic E-state index is -0.219. The molecule has 102 valence electrons. The smallest absolute Gasteiger partial charge is 0.410 e. The molecule has 3 unspecified atom stereocenters. The number of rotatable bonds is 2. The normalized spacial score (nSPS) is 34.0. The van der Waals surface area contributed by atoms with Crippen LogP contribution in [0.5, 0.6) is 0 Å². The van der Waals surface area contributed by atoms with Crippen LogP contribution in [0.3, 0.4) is 0 Å². The van der Waals surface area contributed by atoms with Gasteiger partial charge in [0.25, 0.3) is 0 Å². The number of hydrogen-bond donors (Lipinski definition) is 0. The Labute approximate surface area is 113 Å². The van der Waals surface area contributed by atoms with Gasteiger partial charge < -0.3 is 9.47 Å². The predicted molar refractivity (Wildman–Crippen MR) is 70.7 cm³/mol. The van der Waals surface area contributed by atoms with E-state index in [0.717, 1.165) is 12.0 Å². The second-order valence-corrected chi connectivity index (χ2v) is 5.42. The van der Waals surface area contributed by atoms with Crippen LogP contribution in [0.15, 0.2) is 30.3 Å². The molecular formula is C15H19NO3. The molecule has 0 bridgehead atoms. The summed E-state index contributed by atoms with van der Waals surface area (Å²) in [4.78, 5) is 13.9. The first-order valence-corrected chi connectivity index (χ1v) is 6.82. The van der Waals surface area contributed by atoms with Crippen molar-refractivity contribution < 1.29 is 14.3 Å². The van der Waals surface area contributed by atoms with Gasteiger partial charge in [0, 0.05) is 6.54 Å². The lowest BCUT2D eigenvalue weighted by molar-refractivity contribution is -0.103. The number of amides is 1. The first kappa shape index (κ1) is 12.5. The van der Waals surface area contributed by atoms with Gasteiger partial charge >= 0.3 is 6.09 Å². The van der Waals surface area contributed by atoms with Gasteiger partial charge in [-0.2, -0.15) is 0 Å². The summed E-state index contributed by atoms with van der Waals surface area (Å²) in [5, 5.41) is 0. The summed E-state index contributed by atoms with van der Waals surface area (Å²) in [5.41, 5.74) is 1.13. The molecule has 2 aliphatic heterocycles. The maximum absolute atomic E-state index is 12.0. The molecule has 1 aromatic rings. The van der Waals surface area contributed by atoms with Crippen LogP contribution in [0.25, 0.3) is 0 Å². The van der Waals surface area contributed by atoms with E-state index in [2.05, 4.69) is 6.92 Å². The van der Waals surface area contributed by atoms with Crippen molar-refractivity contribution >= 4 is 6.09 Å². The highest BCUT2D eigenvalue weighted by Gasteiger charge is 2.48. The molecule has 1 aromatic carbocycles. The maximum atomic E-state index is 12.0. The fourth-order valence-corrected chi connectivity index (χ4v) is 3.05. The molecule has 0 aliphatic carbocycles. The molecule has 4 nitrogen and oxygen atoms in total. The van der Waals surface area contributed by atoms with Gasteiger partial charge in [0.1, 0.15) is 6.10 Å². The SMILES string of the molecule is CC1CC2[C@@H](OC(=O)N2Cc2ccccc2)C(C)O1. The van der Waals surface area contributed by atoms with Crippen molar-refractivity contribution in [2.75, 3.05) is 0 Å². The molecule has 2 saturated heterocycles. The van der Waals surface area contributed by atoms with Gasteiger partial charge in [-0.15, -0.1) is 0 Å². The minimum absolute atomic E-state index is 0.0292. The van der Waals surface area contributed by atoms with E-state index in [1.54, 1.807) is 0 Å². The standard InChI is InChI=1S/C15H19NO3/c1-10-8-13-14(11(2)18-10)19-15(17)16(13)9-12-6-4-3-5-7-12/h3-7,10-11,13-14H,8-9H2,1-2H3/t10?,11?,13?,14-/m0/s1. The molecule has 0 saturated carbocycles. The molecule has 2 aliphatic rings. The highest BCUT2D eigenvalue weighted by Crippen LogP contribution is 2.33. The first-order chi connectivity index (χ1) is 9.15. The van der Waals surface area contributed by atoms with E-state index < -0.39 is 0 Å². The van der Waals surface area contributed by atoms with E-state index in [1.165, 1.54) is 0 Å². The van der Waals surface area contributed by atoms with Crippen LogP contribution < -0.4 is 0 Å². The van der Waals surface area contributed by atoms with Crippen LogP contribution in [0.4, 0.5) is 4.79 Å². The molecule has 0 aromatic heterocycles. The van der Waals surface area contributed by atoms with Gasteiger partial charge in [0.05, 0.1) is 18.2 Å². The van der Waals surface area contributed by atoms with E-state index >= 15 is 0 Å². The molecule has 0 N–H and O–H groups in total. The maximum Gasteiger partial charge on any atom is 0.410 e. The van der Waals surface area contributed by atoms with Gasteiger partial charge in [-0.05, 0) is 25.8 Å². The average molecular weight is 261 g/mol. The van der Waals surface area contributed by atoms with Crippen molar-refractivity contribution in [3.05, 3.63) is 35.9 Å². The van der Waals surface area contributed by atoms with Gasteiger partial charge in [-0.1, -0.05) is 30.3 Å². The van der Waals surface area contributed by atoms with E-state index in [0.29, 0.717) is 6.54 Å². The lowest BCUT2D eigenvalue weighted by atomic mass is 9.96. The van der Waals surface area contributed by atoms with Crippen molar-refractivity contribution in [2.24, 2.45) is 0 Å². The summed E-state index contributed by atoms with van der Waals surface area (Å²) in [6.45, 7) is 4.64. The summed E-state index contributed by atoms with van der Waals surface area (Å²) in [5.74, 6) is 0. The van der Waals surface area contributed by atoms with E-state index in [-0.39, 0.29) is 30.4 Å².